The molecule has 0 saturated carbocycles. The van der Waals surface area contributed by atoms with Crippen molar-refractivity contribution in [2.24, 2.45) is 5.92 Å². The Morgan fingerprint density at radius 3 is 2.44 bits per heavy atom. The third kappa shape index (κ3) is 5.85. The lowest BCUT2D eigenvalue weighted by Gasteiger charge is -2.20. The van der Waals surface area contributed by atoms with E-state index in [2.05, 4.69) is 31.3 Å². The summed E-state index contributed by atoms with van der Waals surface area (Å²) in [6.45, 7) is 7.17. The van der Waals surface area contributed by atoms with Gasteiger partial charge in [-0.25, -0.2) is 0 Å². The second-order valence-electron chi connectivity index (χ2n) is 5.07. The third-order valence-corrected chi connectivity index (χ3v) is 3.22. The molecule has 1 rings (SSSR count). The van der Waals surface area contributed by atoms with Crippen molar-refractivity contribution in [1.82, 2.24) is 5.32 Å². The molecule has 3 heteroatoms. The van der Waals surface area contributed by atoms with Crippen LogP contribution in [0.4, 0.5) is 0 Å². The number of hydrogen-bond acceptors (Lipinski definition) is 2. The molecule has 0 aliphatic carbocycles. The van der Waals surface area contributed by atoms with Gasteiger partial charge in [-0.3, -0.25) is 0 Å². The third-order valence-electron chi connectivity index (χ3n) is 2.97. The fourth-order valence-corrected chi connectivity index (χ4v) is 2.22. The van der Waals surface area contributed by atoms with Gasteiger partial charge in [0.15, 0.2) is 0 Å². The molecule has 1 atom stereocenters. The van der Waals surface area contributed by atoms with E-state index in [-0.39, 0.29) is 0 Å². The van der Waals surface area contributed by atoms with Crippen LogP contribution >= 0.6 is 11.6 Å². The van der Waals surface area contributed by atoms with E-state index in [4.69, 9.17) is 16.3 Å². The Bertz CT molecular complexity index is 324. The van der Waals surface area contributed by atoms with Crippen molar-refractivity contribution in [2.75, 3.05) is 26.8 Å². The van der Waals surface area contributed by atoms with E-state index >= 15 is 0 Å². The molecule has 102 valence electrons. The molecule has 1 N–H and O–H groups in total. The topological polar surface area (TPSA) is 21.3 Å². The van der Waals surface area contributed by atoms with E-state index in [9.17, 15) is 0 Å². The van der Waals surface area contributed by atoms with Gasteiger partial charge in [0.1, 0.15) is 0 Å². The molecule has 0 aliphatic rings. The second-order valence-corrected chi connectivity index (χ2v) is 5.51. The molecule has 18 heavy (non-hydrogen) atoms. The van der Waals surface area contributed by atoms with Crippen molar-refractivity contribution in [2.45, 2.75) is 26.2 Å². The van der Waals surface area contributed by atoms with Gasteiger partial charge in [-0.2, -0.15) is 0 Å². The number of hydrogen-bond donors (Lipinski definition) is 1. The normalized spacial score (nSPS) is 12.9. The first-order chi connectivity index (χ1) is 8.63. The highest BCUT2D eigenvalue weighted by molar-refractivity contribution is 6.30. The van der Waals surface area contributed by atoms with Crippen molar-refractivity contribution in [3.05, 3.63) is 34.9 Å². The van der Waals surface area contributed by atoms with Gasteiger partial charge in [-0.1, -0.05) is 37.6 Å². The largest absolute Gasteiger partial charge is 0.383 e. The zero-order chi connectivity index (χ0) is 13.4. The van der Waals surface area contributed by atoms with Gasteiger partial charge in [0.25, 0.3) is 0 Å². The predicted octanol–water partition coefficient (Wildman–Crippen LogP) is 3.71. The number of nitrogens with one attached hydrogen (secondary N) is 1. The first-order valence-corrected chi connectivity index (χ1v) is 6.96. The van der Waals surface area contributed by atoms with E-state index < -0.39 is 0 Å². The van der Waals surface area contributed by atoms with Crippen LogP contribution in [0.1, 0.15) is 31.7 Å². The maximum Gasteiger partial charge on any atom is 0.0587 e. The Labute approximate surface area is 116 Å². The molecule has 1 aromatic rings. The fourth-order valence-electron chi connectivity index (χ4n) is 2.09. The summed E-state index contributed by atoms with van der Waals surface area (Å²) in [5.74, 6) is 1.23. The molecular formula is C15H24ClNO. The minimum atomic E-state index is 0.541. The monoisotopic (exact) mass is 269 g/mol. The molecule has 0 amide bonds. The summed E-state index contributed by atoms with van der Waals surface area (Å²) in [6.07, 6.45) is 1.18. The summed E-state index contributed by atoms with van der Waals surface area (Å²) in [5.41, 5.74) is 1.36. The van der Waals surface area contributed by atoms with Crippen LogP contribution in [-0.4, -0.2) is 26.8 Å². The number of rotatable bonds is 8. The van der Waals surface area contributed by atoms with Crippen molar-refractivity contribution in [3.8, 4) is 0 Å². The number of ether oxygens (including phenoxy) is 1. The SMILES string of the molecule is COCCNCC(CC(C)C)c1ccc(Cl)cc1. The highest BCUT2D eigenvalue weighted by Gasteiger charge is 2.13. The van der Waals surface area contributed by atoms with Crippen molar-refractivity contribution in [1.29, 1.82) is 0 Å². The zero-order valence-electron chi connectivity index (χ0n) is 11.6. The van der Waals surface area contributed by atoms with Crippen LogP contribution in [-0.2, 0) is 4.74 Å². The van der Waals surface area contributed by atoms with Crippen LogP contribution in [0.2, 0.25) is 5.02 Å². The van der Waals surface area contributed by atoms with Crippen LogP contribution in [0.3, 0.4) is 0 Å². The molecule has 0 radical (unpaired) electrons. The molecule has 0 fully saturated rings. The molecular weight excluding hydrogens is 246 g/mol. The number of benzene rings is 1. The van der Waals surface area contributed by atoms with Gasteiger partial charge in [0, 0.05) is 25.2 Å². The lowest BCUT2D eigenvalue weighted by Crippen LogP contribution is -2.25. The van der Waals surface area contributed by atoms with E-state index in [1.165, 1.54) is 12.0 Å². The summed E-state index contributed by atoms with van der Waals surface area (Å²) < 4.78 is 5.05. The molecule has 0 aliphatic heterocycles. The second kappa shape index (κ2) is 8.52. The Morgan fingerprint density at radius 1 is 1.22 bits per heavy atom. The maximum atomic E-state index is 5.94. The van der Waals surface area contributed by atoms with Gasteiger partial charge in [0.2, 0.25) is 0 Å². The maximum absolute atomic E-state index is 5.94. The van der Waals surface area contributed by atoms with Gasteiger partial charge in [0.05, 0.1) is 6.61 Å². The van der Waals surface area contributed by atoms with E-state index in [0.717, 1.165) is 24.7 Å². The first-order valence-electron chi connectivity index (χ1n) is 6.58. The molecule has 0 spiro atoms. The van der Waals surface area contributed by atoms with Crippen molar-refractivity contribution < 1.29 is 4.74 Å². The molecule has 0 heterocycles. The molecule has 0 saturated heterocycles. The number of methoxy groups -OCH3 is 1. The van der Waals surface area contributed by atoms with Crippen LogP contribution in [0, 0.1) is 5.92 Å². The minimum absolute atomic E-state index is 0.541. The van der Waals surface area contributed by atoms with E-state index in [1.807, 2.05) is 12.1 Å². The van der Waals surface area contributed by atoms with E-state index in [0.29, 0.717) is 11.8 Å². The van der Waals surface area contributed by atoms with Gasteiger partial charge in [-0.05, 0) is 36.0 Å². The first kappa shape index (κ1) is 15.5. The Hall–Kier alpha value is -0.570. The van der Waals surface area contributed by atoms with Crippen LogP contribution in [0.5, 0.6) is 0 Å². The van der Waals surface area contributed by atoms with Crippen LogP contribution in [0.25, 0.3) is 0 Å². The highest BCUT2D eigenvalue weighted by atomic mass is 35.5. The van der Waals surface area contributed by atoms with Crippen molar-refractivity contribution in [3.63, 3.8) is 0 Å². The lowest BCUT2D eigenvalue weighted by atomic mass is 9.90. The zero-order valence-corrected chi connectivity index (χ0v) is 12.3. The predicted molar refractivity (Wildman–Crippen MR) is 78.4 cm³/mol. The molecule has 0 aromatic heterocycles. The van der Waals surface area contributed by atoms with Gasteiger partial charge >= 0.3 is 0 Å². The summed E-state index contributed by atoms with van der Waals surface area (Å²) in [7, 11) is 1.73. The fraction of sp³-hybridized carbons (Fsp3) is 0.600. The van der Waals surface area contributed by atoms with E-state index in [1.54, 1.807) is 7.11 Å². The standard InChI is InChI=1S/C15H24ClNO/c1-12(2)10-14(11-17-8-9-18-3)13-4-6-15(16)7-5-13/h4-7,12,14,17H,8-11H2,1-3H3. The quantitative estimate of drug-likeness (QED) is 0.727. The average Bonchev–Trinajstić information content (AvgIpc) is 2.34. The smallest absolute Gasteiger partial charge is 0.0587 e. The number of halogens is 1. The summed E-state index contributed by atoms with van der Waals surface area (Å²) in [6, 6.07) is 8.21. The molecule has 0 bridgehead atoms. The lowest BCUT2D eigenvalue weighted by molar-refractivity contribution is 0.198. The highest BCUT2D eigenvalue weighted by Crippen LogP contribution is 2.24. The van der Waals surface area contributed by atoms with Crippen LogP contribution in [0.15, 0.2) is 24.3 Å². The summed E-state index contributed by atoms with van der Waals surface area (Å²) >= 11 is 5.94. The summed E-state index contributed by atoms with van der Waals surface area (Å²) in [5, 5.41) is 4.25. The average molecular weight is 270 g/mol. The van der Waals surface area contributed by atoms with Crippen LogP contribution < -0.4 is 5.32 Å². The summed E-state index contributed by atoms with van der Waals surface area (Å²) in [4.78, 5) is 0. The molecule has 1 unspecified atom stereocenters. The molecule has 2 nitrogen and oxygen atoms in total. The van der Waals surface area contributed by atoms with Gasteiger partial charge in [-0.15, -0.1) is 0 Å². The Morgan fingerprint density at radius 2 is 1.89 bits per heavy atom. The minimum Gasteiger partial charge on any atom is -0.383 e. The van der Waals surface area contributed by atoms with Crippen molar-refractivity contribution >= 4 is 11.6 Å². The molecule has 1 aromatic carbocycles. The Balaban J connectivity index is 2.57. The Kier molecular flexibility index (Phi) is 7.33. The van der Waals surface area contributed by atoms with Gasteiger partial charge < -0.3 is 10.1 Å².